The average molecular weight is 436 g/mol. The molecule has 0 saturated heterocycles. The van der Waals surface area contributed by atoms with Gasteiger partial charge < -0.3 is 15.4 Å². The quantitative estimate of drug-likeness (QED) is 0.430. The Kier molecular flexibility index (Phi) is 8.65. The Morgan fingerprint density at radius 3 is 2.33 bits per heavy atom. The molecule has 0 saturated carbocycles. The van der Waals surface area contributed by atoms with Crippen LogP contribution in [0.3, 0.4) is 0 Å². The maximum Gasteiger partial charge on any atom is 0.191 e. The number of halogens is 1. The number of hydrogen-bond acceptors (Lipinski definition) is 3. The van der Waals surface area contributed by atoms with Gasteiger partial charge in [-0.2, -0.15) is 5.26 Å². The largest absolute Gasteiger partial charge is 0.497 e. The first-order valence-corrected chi connectivity index (χ1v) is 7.31. The molecule has 0 spiro atoms. The zero-order chi connectivity index (χ0) is 16.5. The zero-order valence-electron chi connectivity index (χ0n) is 13.7. The van der Waals surface area contributed by atoms with E-state index in [1.165, 1.54) is 0 Å². The van der Waals surface area contributed by atoms with Crippen LogP contribution in [-0.4, -0.2) is 20.1 Å². The van der Waals surface area contributed by atoms with Crippen molar-refractivity contribution in [1.29, 1.82) is 5.26 Å². The molecule has 2 aromatic rings. The van der Waals surface area contributed by atoms with Crippen LogP contribution in [0.25, 0.3) is 0 Å². The van der Waals surface area contributed by atoms with E-state index in [0.717, 1.165) is 16.9 Å². The standard InChI is InChI=1S/C18H20N4O.HI/c1-20-18(21-12-14-6-8-17(23-2)9-7-14)22-13-16-5-3-4-15(10-16)11-19;/h3-10H,12-13H2,1-2H3,(H2,20,21,22);1H. The Morgan fingerprint density at radius 1 is 1.08 bits per heavy atom. The summed E-state index contributed by atoms with van der Waals surface area (Å²) in [5, 5.41) is 15.4. The van der Waals surface area contributed by atoms with Crippen molar-refractivity contribution in [1.82, 2.24) is 10.6 Å². The molecule has 2 N–H and O–H groups in total. The van der Waals surface area contributed by atoms with Crippen molar-refractivity contribution >= 4 is 29.9 Å². The third kappa shape index (κ3) is 6.08. The molecule has 0 bridgehead atoms. The second-order valence-electron chi connectivity index (χ2n) is 4.94. The maximum absolute atomic E-state index is 8.92. The average Bonchev–Trinajstić information content (AvgIpc) is 2.62. The van der Waals surface area contributed by atoms with Crippen LogP contribution in [-0.2, 0) is 13.1 Å². The van der Waals surface area contributed by atoms with Crippen LogP contribution in [0, 0.1) is 11.3 Å². The molecular weight excluding hydrogens is 415 g/mol. The molecule has 5 nitrogen and oxygen atoms in total. The molecule has 0 unspecified atom stereocenters. The van der Waals surface area contributed by atoms with Gasteiger partial charge in [0.05, 0.1) is 18.7 Å². The van der Waals surface area contributed by atoms with E-state index < -0.39 is 0 Å². The van der Waals surface area contributed by atoms with Gasteiger partial charge in [0.2, 0.25) is 0 Å². The van der Waals surface area contributed by atoms with Crippen molar-refractivity contribution < 1.29 is 4.74 Å². The van der Waals surface area contributed by atoms with Crippen LogP contribution in [0.2, 0.25) is 0 Å². The Balaban J connectivity index is 0.00000288. The van der Waals surface area contributed by atoms with Crippen LogP contribution in [0.4, 0.5) is 0 Å². The molecule has 0 aliphatic heterocycles. The fourth-order valence-corrected chi connectivity index (χ4v) is 2.09. The third-order valence-corrected chi connectivity index (χ3v) is 3.36. The summed E-state index contributed by atoms with van der Waals surface area (Å²) in [5.41, 5.74) is 2.84. The number of hydrogen-bond donors (Lipinski definition) is 2. The molecule has 126 valence electrons. The number of nitrogens with zero attached hydrogens (tertiary/aromatic N) is 2. The van der Waals surface area contributed by atoms with E-state index >= 15 is 0 Å². The van der Waals surface area contributed by atoms with Gasteiger partial charge in [-0.3, -0.25) is 4.99 Å². The normalized spacial score (nSPS) is 10.3. The number of rotatable bonds is 5. The molecule has 6 heteroatoms. The van der Waals surface area contributed by atoms with Gasteiger partial charge >= 0.3 is 0 Å². The van der Waals surface area contributed by atoms with E-state index in [4.69, 9.17) is 10.00 Å². The minimum atomic E-state index is 0. The minimum Gasteiger partial charge on any atom is -0.497 e. The summed E-state index contributed by atoms with van der Waals surface area (Å²) in [6.45, 7) is 1.28. The summed E-state index contributed by atoms with van der Waals surface area (Å²) >= 11 is 0. The number of nitrogens with one attached hydrogen (secondary N) is 2. The van der Waals surface area contributed by atoms with Gasteiger partial charge in [0.25, 0.3) is 0 Å². The van der Waals surface area contributed by atoms with Crippen LogP contribution in [0.5, 0.6) is 5.75 Å². The van der Waals surface area contributed by atoms with Crippen molar-refractivity contribution in [3.63, 3.8) is 0 Å². The summed E-state index contributed by atoms with van der Waals surface area (Å²) in [5.74, 6) is 1.55. The molecular formula is C18H21IN4O. The number of ether oxygens (including phenoxy) is 1. The highest BCUT2D eigenvalue weighted by atomic mass is 127. The maximum atomic E-state index is 8.92. The van der Waals surface area contributed by atoms with Crippen LogP contribution in [0.1, 0.15) is 16.7 Å². The molecule has 0 fully saturated rings. The summed E-state index contributed by atoms with van der Waals surface area (Å²) in [7, 11) is 3.38. The highest BCUT2D eigenvalue weighted by molar-refractivity contribution is 14.0. The smallest absolute Gasteiger partial charge is 0.191 e. The number of methoxy groups -OCH3 is 1. The molecule has 2 rings (SSSR count). The van der Waals surface area contributed by atoms with E-state index in [9.17, 15) is 0 Å². The lowest BCUT2D eigenvalue weighted by molar-refractivity contribution is 0.414. The Labute approximate surface area is 159 Å². The van der Waals surface area contributed by atoms with E-state index in [1.807, 2.05) is 42.5 Å². The fraction of sp³-hybridized carbons (Fsp3) is 0.222. The molecule has 24 heavy (non-hydrogen) atoms. The number of guanidine groups is 1. The molecule has 0 amide bonds. The Bertz CT molecular complexity index is 708. The topological polar surface area (TPSA) is 69.4 Å². The lowest BCUT2D eigenvalue weighted by Gasteiger charge is -2.12. The lowest BCUT2D eigenvalue weighted by Crippen LogP contribution is -2.36. The van der Waals surface area contributed by atoms with Crippen LogP contribution in [0.15, 0.2) is 53.5 Å². The molecule has 0 heterocycles. The molecule has 0 aliphatic rings. The van der Waals surface area contributed by atoms with Crippen molar-refractivity contribution in [3.8, 4) is 11.8 Å². The van der Waals surface area contributed by atoms with Gasteiger partial charge in [0.15, 0.2) is 5.96 Å². The van der Waals surface area contributed by atoms with Crippen molar-refractivity contribution in [2.75, 3.05) is 14.2 Å². The predicted octanol–water partition coefficient (Wildman–Crippen LogP) is 3.05. The highest BCUT2D eigenvalue weighted by Crippen LogP contribution is 2.10. The lowest BCUT2D eigenvalue weighted by atomic mass is 10.1. The second kappa shape index (κ2) is 10.5. The first kappa shape index (κ1) is 19.8. The molecule has 0 aromatic heterocycles. The zero-order valence-corrected chi connectivity index (χ0v) is 16.1. The van der Waals surface area contributed by atoms with Gasteiger partial charge in [-0.05, 0) is 35.4 Å². The first-order chi connectivity index (χ1) is 11.2. The van der Waals surface area contributed by atoms with Gasteiger partial charge in [0.1, 0.15) is 5.75 Å². The minimum absolute atomic E-state index is 0. The Hall–Kier alpha value is -2.27. The third-order valence-electron chi connectivity index (χ3n) is 3.36. The summed E-state index contributed by atoms with van der Waals surface area (Å²) in [6.07, 6.45) is 0. The van der Waals surface area contributed by atoms with Crippen molar-refractivity contribution in [3.05, 3.63) is 65.2 Å². The molecule has 0 radical (unpaired) electrons. The number of aliphatic imine (C=N–C) groups is 1. The Morgan fingerprint density at radius 2 is 1.75 bits per heavy atom. The van der Waals surface area contributed by atoms with E-state index in [0.29, 0.717) is 24.6 Å². The fourth-order valence-electron chi connectivity index (χ4n) is 2.09. The van der Waals surface area contributed by atoms with Crippen LogP contribution < -0.4 is 15.4 Å². The highest BCUT2D eigenvalue weighted by Gasteiger charge is 2.00. The van der Waals surface area contributed by atoms with Gasteiger partial charge in [-0.25, -0.2) is 0 Å². The monoisotopic (exact) mass is 436 g/mol. The summed E-state index contributed by atoms with van der Waals surface area (Å²) in [6, 6.07) is 17.5. The van der Waals surface area contributed by atoms with Gasteiger partial charge in [0, 0.05) is 20.1 Å². The van der Waals surface area contributed by atoms with Crippen LogP contribution >= 0.6 is 24.0 Å². The number of benzene rings is 2. The van der Waals surface area contributed by atoms with Gasteiger partial charge in [-0.1, -0.05) is 24.3 Å². The summed E-state index contributed by atoms with van der Waals surface area (Å²) in [4.78, 5) is 4.20. The number of nitriles is 1. The van der Waals surface area contributed by atoms with E-state index in [-0.39, 0.29) is 24.0 Å². The summed E-state index contributed by atoms with van der Waals surface area (Å²) < 4.78 is 5.14. The first-order valence-electron chi connectivity index (χ1n) is 7.31. The predicted molar refractivity (Wildman–Crippen MR) is 107 cm³/mol. The van der Waals surface area contributed by atoms with E-state index in [1.54, 1.807) is 20.2 Å². The SMILES string of the molecule is CN=C(NCc1ccc(OC)cc1)NCc1cccc(C#N)c1.I. The van der Waals surface area contributed by atoms with Crippen molar-refractivity contribution in [2.24, 2.45) is 4.99 Å². The molecule has 0 aliphatic carbocycles. The molecule has 0 atom stereocenters. The van der Waals surface area contributed by atoms with Gasteiger partial charge in [-0.15, -0.1) is 24.0 Å². The van der Waals surface area contributed by atoms with Crippen molar-refractivity contribution in [2.45, 2.75) is 13.1 Å². The molecule has 2 aromatic carbocycles. The second-order valence-corrected chi connectivity index (χ2v) is 4.94. The van der Waals surface area contributed by atoms with E-state index in [2.05, 4.69) is 21.7 Å².